The summed E-state index contributed by atoms with van der Waals surface area (Å²) in [6.07, 6.45) is 14.0. The third kappa shape index (κ3) is 16.0. The monoisotopic (exact) mass is 392 g/mol. The number of carbonyl (C=O) groups is 1. The summed E-state index contributed by atoms with van der Waals surface area (Å²) in [5.41, 5.74) is -1.11. The van der Waals surface area contributed by atoms with Gasteiger partial charge in [-0.1, -0.05) is 78.1 Å². The summed E-state index contributed by atoms with van der Waals surface area (Å²) in [7, 11) is 0. The Bertz CT molecular complexity index is 300. The van der Waals surface area contributed by atoms with Crippen molar-refractivity contribution in [3.8, 4) is 0 Å². The van der Waals surface area contributed by atoms with Crippen LogP contribution in [0.1, 0.15) is 90.9 Å². The van der Waals surface area contributed by atoms with E-state index in [0.29, 0.717) is 0 Å². The zero-order chi connectivity index (χ0) is 21.0. The predicted octanol–water partition coefficient (Wildman–Crippen LogP) is 3.35. The van der Waals surface area contributed by atoms with Gasteiger partial charge in [0, 0.05) is 0 Å². The number of aliphatic hydroxyl groups is 4. The molecular weight excluding hydrogens is 348 g/mol. The maximum absolute atomic E-state index is 11.1. The van der Waals surface area contributed by atoms with Crippen LogP contribution >= 0.6 is 0 Å². The van der Waals surface area contributed by atoms with E-state index in [-0.39, 0.29) is 5.92 Å². The molecule has 5 N–H and O–H groups in total. The van der Waals surface area contributed by atoms with E-state index in [9.17, 15) is 9.90 Å². The van der Waals surface area contributed by atoms with Crippen LogP contribution in [-0.4, -0.2) is 57.9 Å². The lowest BCUT2D eigenvalue weighted by atomic mass is 9.93. The summed E-state index contributed by atoms with van der Waals surface area (Å²) in [5.74, 6) is -0.673. The molecule has 0 aromatic heterocycles. The Morgan fingerprint density at radius 3 is 1.30 bits per heavy atom. The third-order valence-electron chi connectivity index (χ3n) is 5.00. The molecule has 0 spiro atoms. The van der Waals surface area contributed by atoms with Crippen LogP contribution < -0.4 is 0 Å². The summed E-state index contributed by atoms with van der Waals surface area (Å²) >= 11 is 0. The highest BCUT2D eigenvalue weighted by atomic mass is 16.4. The van der Waals surface area contributed by atoms with Crippen LogP contribution in [0.3, 0.4) is 0 Å². The Balaban J connectivity index is 0. The van der Waals surface area contributed by atoms with Gasteiger partial charge in [0.2, 0.25) is 0 Å². The van der Waals surface area contributed by atoms with Crippen molar-refractivity contribution in [3.05, 3.63) is 0 Å². The first kappa shape index (κ1) is 28.5. The fourth-order valence-electron chi connectivity index (χ4n) is 2.68. The average molecular weight is 393 g/mol. The van der Waals surface area contributed by atoms with Crippen molar-refractivity contribution >= 4 is 5.97 Å². The molecule has 0 bridgehead atoms. The highest BCUT2D eigenvalue weighted by molar-refractivity contribution is 5.69. The number of carboxylic acids is 1. The fraction of sp³-hybridized carbons (Fsp3) is 0.952. The van der Waals surface area contributed by atoms with Gasteiger partial charge in [-0.3, -0.25) is 4.79 Å². The molecule has 0 aliphatic heterocycles. The number of carboxylic acid groups (broad SMARTS) is 1. The Labute approximate surface area is 165 Å². The lowest BCUT2D eigenvalue weighted by molar-refractivity contribution is -0.142. The van der Waals surface area contributed by atoms with Crippen LogP contribution in [0.4, 0.5) is 0 Å². The summed E-state index contributed by atoms with van der Waals surface area (Å²) in [6, 6.07) is 0. The molecule has 0 saturated heterocycles. The Morgan fingerprint density at radius 2 is 1.00 bits per heavy atom. The van der Waals surface area contributed by atoms with Gasteiger partial charge in [0.1, 0.15) is 0 Å². The minimum absolute atomic E-state index is 0.0898. The summed E-state index contributed by atoms with van der Waals surface area (Å²) in [5, 5.41) is 43.2. The molecule has 0 fully saturated rings. The van der Waals surface area contributed by atoms with E-state index in [1.807, 2.05) is 0 Å². The van der Waals surface area contributed by atoms with Crippen LogP contribution in [0.15, 0.2) is 0 Å². The zero-order valence-electron chi connectivity index (χ0n) is 17.5. The first-order valence-corrected chi connectivity index (χ1v) is 10.6. The van der Waals surface area contributed by atoms with Gasteiger partial charge in [-0.15, -0.1) is 0 Å². The molecule has 0 rings (SSSR count). The van der Waals surface area contributed by atoms with E-state index >= 15 is 0 Å². The summed E-state index contributed by atoms with van der Waals surface area (Å²) < 4.78 is 0. The summed E-state index contributed by atoms with van der Waals surface area (Å²) in [4.78, 5) is 11.1. The van der Waals surface area contributed by atoms with Crippen molar-refractivity contribution in [1.29, 1.82) is 0 Å². The van der Waals surface area contributed by atoms with Crippen LogP contribution in [0.2, 0.25) is 0 Å². The van der Waals surface area contributed by atoms with Crippen molar-refractivity contribution in [1.82, 2.24) is 0 Å². The molecule has 0 aromatic rings. The molecule has 0 saturated carbocycles. The molecule has 1 unspecified atom stereocenters. The average Bonchev–Trinajstić information content (AvgIpc) is 2.68. The van der Waals surface area contributed by atoms with Crippen LogP contribution in [0.25, 0.3) is 0 Å². The maximum Gasteiger partial charge on any atom is 0.306 e. The normalized spacial score (nSPS) is 12.4. The van der Waals surface area contributed by atoms with Gasteiger partial charge in [-0.25, -0.2) is 0 Å². The number of unbranched alkanes of at least 4 members (excludes halogenated alkanes) is 8. The molecule has 27 heavy (non-hydrogen) atoms. The largest absolute Gasteiger partial charge is 0.481 e. The van der Waals surface area contributed by atoms with Crippen molar-refractivity contribution in [2.45, 2.75) is 90.9 Å². The van der Waals surface area contributed by atoms with Crippen molar-refractivity contribution in [2.75, 3.05) is 26.4 Å². The number of hydrogen-bond acceptors (Lipinski definition) is 5. The minimum atomic E-state index is -1.11. The summed E-state index contributed by atoms with van der Waals surface area (Å²) in [6.45, 7) is 2.78. The third-order valence-corrected chi connectivity index (χ3v) is 5.00. The Kier molecular flexibility index (Phi) is 21.2. The first-order valence-electron chi connectivity index (χ1n) is 10.6. The minimum Gasteiger partial charge on any atom is -0.481 e. The van der Waals surface area contributed by atoms with E-state index < -0.39 is 37.8 Å². The Morgan fingerprint density at radius 1 is 0.667 bits per heavy atom. The molecule has 6 nitrogen and oxygen atoms in total. The second kappa shape index (κ2) is 20.1. The Hall–Kier alpha value is -0.690. The molecule has 6 heteroatoms. The van der Waals surface area contributed by atoms with Crippen LogP contribution in [-0.2, 0) is 4.79 Å². The lowest BCUT2D eigenvalue weighted by Crippen LogP contribution is -2.37. The van der Waals surface area contributed by atoms with Gasteiger partial charge in [-0.05, 0) is 12.8 Å². The van der Waals surface area contributed by atoms with Gasteiger partial charge in [0.15, 0.2) is 0 Å². The molecule has 0 aliphatic carbocycles. The SMILES string of the molecule is CCCCCCCCC(CCCCCC)C(=O)O.OCC(CO)(CO)CO. The van der Waals surface area contributed by atoms with Gasteiger partial charge in [0.25, 0.3) is 0 Å². The van der Waals surface area contributed by atoms with E-state index in [1.54, 1.807) is 0 Å². The molecule has 0 aromatic carbocycles. The molecule has 164 valence electrons. The van der Waals surface area contributed by atoms with Crippen molar-refractivity contribution in [3.63, 3.8) is 0 Å². The molecule has 1 atom stereocenters. The molecule has 0 aliphatic rings. The topological polar surface area (TPSA) is 118 Å². The second-order valence-electron chi connectivity index (χ2n) is 7.57. The molecular formula is C21H44O6. The van der Waals surface area contributed by atoms with E-state index in [2.05, 4.69) is 13.8 Å². The van der Waals surface area contributed by atoms with Crippen LogP contribution in [0, 0.1) is 11.3 Å². The molecule has 0 radical (unpaired) electrons. The number of aliphatic carboxylic acids is 1. The predicted molar refractivity (Wildman–Crippen MR) is 109 cm³/mol. The van der Waals surface area contributed by atoms with Crippen LogP contribution in [0.5, 0.6) is 0 Å². The van der Waals surface area contributed by atoms with E-state index in [0.717, 1.165) is 25.7 Å². The number of rotatable bonds is 17. The van der Waals surface area contributed by atoms with Crippen molar-refractivity contribution < 1.29 is 30.3 Å². The number of aliphatic hydroxyl groups excluding tert-OH is 4. The lowest BCUT2D eigenvalue weighted by Gasteiger charge is -2.23. The highest BCUT2D eigenvalue weighted by Gasteiger charge is 2.26. The first-order chi connectivity index (χ1) is 13.0. The van der Waals surface area contributed by atoms with Gasteiger partial charge in [0.05, 0.1) is 37.8 Å². The molecule has 0 amide bonds. The fourth-order valence-corrected chi connectivity index (χ4v) is 2.68. The van der Waals surface area contributed by atoms with Crippen molar-refractivity contribution in [2.24, 2.45) is 11.3 Å². The maximum atomic E-state index is 11.1. The standard InChI is InChI=1S/C16H32O2.C5H12O4/c1-3-5-7-9-10-12-14-15(16(17)18)13-11-8-6-4-2;6-1-5(2-7,3-8)4-9/h15H,3-14H2,1-2H3,(H,17,18);6-9H,1-4H2. The smallest absolute Gasteiger partial charge is 0.306 e. The van der Waals surface area contributed by atoms with Gasteiger partial charge >= 0.3 is 5.97 Å². The van der Waals surface area contributed by atoms with Gasteiger partial charge in [-0.2, -0.15) is 0 Å². The van der Waals surface area contributed by atoms with E-state index in [1.165, 1.54) is 51.4 Å². The number of hydrogen-bond donors (Lipinski definition) is 5. The highest BCUT2D eigenvalue weighted by Crippen LogP contribution is 2.19. The second-order valence-corrected chi connectivity index (χ2v) is 7.57. The van der Waals surface area contributed by atoms with Gasteiger partial charge < -0.3 is 25.5 Å². The quantitative estimate of drug-likeness (QED) is 0.242. The molecule has 0 heterocycles. The zero-order valence-corrected chi connectivity index (χ0v) is 17.5. The van der Waals surface area contributed by atoms with E-state index in [4.69, 9.17) is 20.4 Å².